The average Bonchev–Trinajstić information content (AvgIpc) is 2.80. The molecule has 2 amide bonds. The highest BCUT2D eigenvalue weighted by atomic mass is 19.2. The number of halogens is 3. The number of carbonyl (C=O) groups excluding carboxylic acids is 2. The highest BCUT2D eigenvalue weighted by Gasteiger charge is 2.18. The van der Waals surface area contributed by atoms with Gasteiger partial charge in [-0.25, -0.2) is 13.2 Å². The molecule has 3 aromatic carbocycles. The summed E-state index contributed by atoms with van der Waals surface area (Å²) in [6, 6.07) is 20.2. The molecule has 8 heteroatoms. The molecule has 0 spiro atoms. The molecule has 3 rings (SSSR count). The number of amides is 2. The van der Waals surface area contributed by atoms with Crippen molar-refractivity contribution in [3.63, 3.8) is 0 Å². The van der Waals surface area contributed by atoms with Crippen molar-refractivity contribution in [3.05, 3.63) is 101 Å². The fourth-order valence-corrected chi connectivity index (χ4v) is 2.85. The summed E-state index contributed by atoms with van der Waals surface area (Å²) in [6.07, 6.45) is -0.488. The fraction of sp³-hybridized carbons (Fsp3) is 0.130. The van der Waals surface area contributed by atoms with Gasteiger partial charge in [-0.1, -0.05) is 60.7 Å². The first-order valence-electron chi connectivity index (χ1n) is 9.37. The predicted molar refractivity (Wildman–Crippen MR) is 109 cm³/mol. The third-order valence-electron chi connectivity index (χ3n) is 4.34. The van der Waals surface area contributed by atoms with Gasteiger partial charge in [0.25, 0.3) is 0 Å². The summed E-state index contributed by atoms with van der Waals surface area (Å²) in [5.41, 5.74) is 1.18. The second-order valence-electron chi connectivity index (χ2n) is 6.56. The highest BCUT2D eigenvalue weighted by molar-refractivity contribution is 5.94. The Bertz CT molecular complexity index is 1010. The minimum atomic E-state index is -1.69. The van der Waals surface area contributed by atoms with Crippen molar-refractivity contribution in [2.75, 3.05) is 18.5 Å². The molecule has 0 fully saturated rings. The lowest BCUT2D eigenvalue weighted by Crippen LogP contribution is -2.35. The van der Waals surface area contributed by atoms with Crippen LogP contribution in [0.3, 0.4) is 0 Å². The first-order valence-corrected chi connectivity index (χ1v) is 9.37. The minimum absolute atomic E-state index is 0.332. The molecule has 0 heterocycles. The summed E-state index contributed by atoms with van der Waals surface area (Å²) in [5.74, 6) is -5.95. The Hall–Kier alpha value is -3.65. The minimum Gasteiger partial charge on any atom is -0.359 e. The molecule has 0 radical (unpaired) electrons. The van der Waals surface area contributed by atoms with E-state index in [1.807, 2.05) is 60.7 Å². The Kier molecular flexibility index (Phi) is 7.40. The maximum absolute atomic E-state index is 13.6. The van der Waals surface area contributed by atoms with Crippen molar-refractivity contribution >= 4 is 17.5 Å². The summed E-state index contributed by atoms with van der Waals surface area (Å²) < 4.78 is 45.6. The lowest BCUT2D eigenvalue weighted by atomic mass is 10.0. The number of anilines is 1. The molecule has 0 atom stereocenters. The zero-order valence-corrected chi connectivity index (χ0v) is 16.3. The van der Waals surface area contributed by atoms with Gasteiger partial charge in [0, 0.05) is 0 Å². The highest BCUT2D eigenvalue weighted by Crippen LogP contribution is 2.25. The van der Waals surface area contributed by atoms with Crippen molar-refractivity contribution in [1.82, 2.24) is 5.32 Å². The van der Waals surface area contributed by atoms with Crippen LogP contribution in [0, 0.1) is 17.5 Å². The fourth-order valence-electron chi connectivity index (χ4n) is 2.85. The van der Waals surface area contributed by atoms with Gasteiger partial charge in [-0.2, -0.15) is 0 Å². The summed E-state index contributed by atoms with van der Waals surface area (Å²) >= 11 is 0. The number of carbonyl (C=O) groups is 2. The van der Waals surface area contributed by atoms with Gasteiger partial charge in [-0.15, -0.1) is 0 Å². The first kappa shape index (κ1) is 22.0. The van der Waals surface area contributed by atoms with Gasteiger partial charge in [-0.05, 0) is 23.3 Å². The molecule has 31 heavy (non-hydrogen) atoms. The molecule has 0 unspecified atom stereocenters. The van der Waals surface area contributed by atoms with Crippen LogP contribution < -0.4 is 10.6 Å². The summed E-state index contributed by atoms with van der Waals surface area (Å²) in [5, 5.41) is 4.41. The SMILES string of the molecule is O=C(COC(c1ccccc1)c1ccccc1)NCC(=O)Nc1ccc(F)c(F)c1F. The Labute approximate surface area is 176 Å². The topological polar surface area (TPSA) is 67.4 Å². The third kappa shape index (κ3) is 5.93. The van der Waals surface area contributed by atoms with Gasteiger partial charge in [0.15, 0.2) is 17.5 Å². The standard InChI is InChI=1S/C23H19F3N2O3/c24-17-11-12-18(22(26)21(17)25)28-19(29)13-27-20(30)14-31-23(15-7-3-1-4-8-15)16-9-5-2-6-10-16/h1-12,23H,13-14H2,(H,27,30)(H,28,29). The van der Waals surface area contributed by atoms with Crippen molar-refractivity contribution in [2.24, 2.45) is 0 Å². The van der Waals surface area contributed by atoms with Crippen LogP contribution in [0.1, 0.15) is 17.2 Å². The van der Waals surface area contributed by atoms with E-state index in [9.17, 15) is 22.8 Å². The number of benzene rings is 3. The zero-order chi connectivity index (χ0) is 22.2. The predicted octanol–water partition coefficient (Wildman–Crippen LogP) is 3.96. The largest absolute Gasteiger partial charge is 0.359 e. The zero-order valence-electron chi connectivity index (χ0n) is 16.3. The van der Waals surface area contributed by atoms with E-state index in [1.165, 1.54) is 0 Å². The smallest absolute Gasteiger partial charge is 0.246 e. The number of hydrogen-bond acceptors (Lipinski definition) is 3. The van der Waals surface area contributed by atoms with Gasteiger partial charge in [0.1, 0.15) is 12.7 Å². The second-order valence-corrected chi connectivity index (χ2v) is 6.56. The lowest BCUT2D eigenvalue weighted by Gasteiger charge is -2.18. The second kappa shape index (κ2) is 10.4. The van der Waals surface area contributed by atoms with E-state index in [1.54, 1.807) is 0 Å². The van der Waals surface area contributed by atoms with Crippen LogP contribution in [0.25, 0.3) is 0 Å². The quantitative estimate of drug-likeness (QED) is 0.534. The molecule has 0 bridgehead atoms. The van der Waals surface area contributed by atoms with E-state index in [0.717, 1.165) is 17.2 Å². The van der Waals surface area contributed by atoms with Crippen LogP contribution in [0.2, 0.25) is 0 Å². The van der Waals surface area contributed by atoms with Crippen LogP contribution >= 0.6 is 0 Å². The summed E-state index contributed by atoms with van der Waals surface area (Å²) in [6.45, 7) is -0.830. The molecule has 0 aliphatic rings. The number of rotatable bonds is 8. The van der Waals surface area contributed by atoms with Gasteiger partial charge >= 0.3 is 0 Å². The molecular weight excluding hydrogens is 409 g/mol. The van der Waals surface area contributed by atoms with Gasteiger partial charge in [0.2, 0.25) is 11.8 Å². The van der Waals surface area contributed by atoms with E-state index in [0.29, 0.717) is 6.07 Å². The number of nitrogens with one attached hydrogen (secondary N) is 2. The van der Waals surface area contributed by atoms with E-state index in [4.69, 9.17) is 4.74 Å². The Balaban J connectivity index is 1.55. The molecule has 160 valence electrons. The molecule has 0 saturated heterocycles. The van der Waals surface area contributed by atoms with E-state index in [2.05, 4.69) is 10.6 Å². The lowest BCUT2D eigenvalue weighted by molar-refractivity contribution is -0.129. The molecule has 2 N–H and O–H groups in total. The molecule has 0 aliphatic carbocycles. The van der Waals surface area contributed by atoms with Crippen LogP contribution in [0.15, 0.2) is 72.8 Å². The summed E-state index contributed by atoms with van der Waals surface area (Å²) in [4.78, 5) is 24.0. The first-order chi connectivity index (χ1) is 15.0. The molecule has 0 aromatic heterocycles. The Morgan fingerprint density at radius 1 is 0.774 bits per heavy atom. The Morgan fingerprint density at radius 2 is 1.35 bits per heavy atom. The molecule has 3 aromatic rings. The van der Waals surface area contributed by atoms with E-state index >= 15 is 0 Å². The van der Waals surface area contributed by atoms with Crippen molar-refractivity contribution < 1.29 is 27.5 Å². The maximum Gasteiger partial charge on any atom is 0.246 e. The maximum atomic E-state index is 13.6. The van der Waals surface area contributed by atoms with Gasteiger partial charge in [-0.3, -0.25) is 9.59 Å². The van der Waals surface area contributed by atoms with Gasteiger partial charge in [0.05, 0.1) is 12.2 Å². The van der Waals surface area contributed by atoms with Crippen LogP contribution in [-0.4, -0.2) is 25.0 Å². The average molecular weight is 428 g/mol. The van der Waals surface area contributed by atoms with Crippen molar-refractivity contribution in [1.29, 1.82) is 0 Å². The molecule has 0 saturated carbocycles. The molecular formula is C23H19F3N2O3. The molecule has 5 nitrogen and oxygen atoms in total. The van der Waals surface area contributed by atoms with Gasteiger partial charge < -0.3 is 15.4 Å². The normalized spacial score (nSPS) is 10.7. The van der Waals surface area contributed by atoms with Crippen LogP contribution in [-0.2, 0) is 14.3 Å². The van der Waals surface area contributed by atoms with Crippen molar-refractivity contribution in [2.45, 2.75) is 6.10 Å². The number of ether oxygens (including phenoxy) is 1. The van der Waals surface area contributed by atoms with Crippen molar-refractivity contribution in [3.8, 4) is 0 Å². The van der Waals surface area contributed by atoms with E-state index in [-0.39, 0.29) is 6.61 Å². The third-order valence-corrected chi connectivity index (χ3v) is 4.34. The van der Waals surface area contributed by atoms with Crippen LogP contribution in [0.4, 0.5) is 18.9 Å². The molecule has 0 aliphatic heterocycles. The van der Waals surface area contributed by atoms with E-state index < -0.39 is 47.6 Å². The van der Waals surface area contributed by atoms with Crippen LogP contribution in [0.5, 0.6) is 0 Å². The monoisotopic (exact) mass is 428 g/mol. The summed E-state index contributed by atoms with van der Waals surface area (Å²) in [7, 11) is 0. The Morgan fingerprint density at radius 3 is 1.94 bits per heavy atom. The number of hydrogen-bond donors (Lipinski definition) is 2.